The standard InChI is InChI=1S/C14H10BrClN2O/c15-8-4-3-7-11-12(8)13(14(19)18-11)17-10-6-2-1-5-9(10)16/h1-7,13,17H,(H,18,19). The number of halogens is 2. The van der Waals surface area contributed by atoms with Gasteiger partial charge in [0, 0.05) is 15.7 Å². The molecule has 3 rings (SSSR count). The minimum Gasteiger partial charge on any atom is -0.369 e. The molecule has 2 aromatic rings. The second kappa shape index (κ2) is 4.87. The Morgan fingerprint density at radius 2 is 1.95 bits per heavy atom. The number of anilines is 2. The van der Waals surface area contributed by atoms with Crippen LogP contribution in [-0.2, 0) is 4.79 Å². The van der Waals surface area contributed by atoms with Crippen molar-refractivity contribution in [1.29, 1.82) is 0 Å². The molecule has 0 aromatic heterocycles. The lowest BCUT2D eigenvalue weighted by atomic mass is 10.1. The van der Waals surface area contributed by atoms with Gasteiger partial charge in [-0.25, -0.2) is 0 Å². The van der Waals surface area contributed by atoms with Crippen LogP contribution in [0, 0.1) is 0 Å². The second-order valence-corrected chi connectivity index (χ2v) is 5.51. The number of para-hydroxylation sites is 1. The number of carbonyl (C=O) groups is 1. The van der Waals surface area contributed by atoms with Crippen LogP contribution in [0.3, 0.4) is 0 Å². The molecule has 1 unspecified atom stereocenters. The van der Waals surface area contributed by atoms with Gasteiger partial charge >= 0.3 is 0 Å². The van der Waals surface area contributed by atoms with Crippen molar-refractivity contribution in [2.24, 2.45) is 0 Å². The predicted octanol–water partition coefficient (Wildman–Crippen LogP) is 4.21. The molecule has 0 radical (unpaired) electrons. The lowest BCUT2D eigenvalue weighted by Gasteiger charge is -2.15. The highest BCUT2D eigenvalue weighted by molar-refractivity contribution is 9.10. The molecule has 0 spiro atoms. The number of hydrogen-bond acceptors (Lipinski definition) is 2. The van der Waals surface area contributed by atoms with E-state index in [0.717, 1.165) is 21.4 Å². The highest BCUT2D eigenvalue weighted by Crippen LogP contribution is 2.39. The summed E-state index contributed by atoms with van der Waals surface area (Å²) < 4.78 is 0.896. The SMILES string of the molecule is O=C1Nc2cccc(Br)c2C1Nc1ccccc1Cl. The van der Waals surface area contributed by atoms with Crippen molar-refractivity contribution in [2.75, 3.05) is 10.6 Å². The Bertz CT molecular complexity index is 660. The first-order chi connectivity index (χ1) is 9.16. The topological polar surface area (TPSA) is 41.1 Å². The van der Waals surface area contributed by atoms with E-state index in [9.17, 15) is 4.79 Å². The first kappa shape index (κ1) is 12.5. The summed E-state index contributed by atoms with van der Waals surface area (Å²) in [4.78, 5) is 12.1. The first-order valence-corrected chi connectivity index (χ1v) is 6.94. The Morgan fingerprint density at radius 1 is 1.16 bits per heavy atom. The van der Waals surface area contributed by atoms with Crippen LogP contribution in [0.4, 0.5) is 11.4 Å². The van der Waals surface area contributed by atoms with Crippen LogP contribution in [0.15, 0.2) is 46.9 Å². The van der Waals surface area contributed by atoms with Crippen molar-refractivity contribution >= 4 is 44.8 Å². The lowest BCUT2D eigenvalue weighted by molar-refractivity contribution is -0.116. The third kappa shape index (κ3) is 2.22. The van der Waals surface area contributed by atoms with Gasteiger partial charge in [-0.1, -0.05) is 45.7 Å². The van der Waals surface area contributed by atoms with Crippen LogP contribution in [0.5, 0.6) is 0 Å². The van der Waals surface area contributed by atoms with Gasteiger partial charge in [-0.15, -0.1) is 0 Å². The summed E-state index contributed by atoms with van der Waals surface area (Å²) in [5.74, 6) is -0.0816. The molecular formula is C14H10BrClN2O. The molecule has 5 heteroatoms. The Morgan fingerprint density at radius 3 is 2.74 bits per heavy atom. The molecule has 1 aliphatic rings. The predicted molar refractivity (Wildman–Crippen MR) is 80.6 cm³/mol. The molecule has 0 aliphatic carbocycles. The fraction of sp³-hybridized carbons (Fsp3) is 0.0714. The van der Waals surface area contributed by atoms with Crippen molar-refractivity contribution in [2.45, 2.75) is 6.04 Å². The minimum atomic E-state index is -0.439. The summed E-state index contributed by atoms with van der Waals surface area (Å²) >= 11 is 9.59. The third-order valence-electron chi connectivity index (χ3n) is 3.04. The molecule has 0 saturated heterocycles. The van der Waals surface area contributed by atoms with Gasteiger partial charge in [0.15, 0.2) is 0 Å². The summed E-state index contributed by atoms with van der Waals surface area (Å²) in [6.45, 7) is 0. The fourth-order valence-electron chi connectivity index (χ4n) is 2.15. The lowest BCUT2D eigenvalue weighted by Crippen LogP contribution is -2.20. The number of amides is 1. The molecule has 3 nitrogen and oxygen atoms in total. The minimum absolute atomic E-state index is 0.0816. The number of hydrogen-bond donors (Lipinski definition) is 2. The Labute approximate surface area is 124 Å². The van der Waals surface area contributed by atoms with Crippen LogP contribution >= 0.6 is 27.5 Å². The van der Waals surface area contributed by atoms with Crippen molar-refractivity contribution in [3.05, 3.63) is 57.5 Å². The average Bonchev–Trinajstić information content (AvgIpc) is 2.70. The highest BCUT2D eigenvalue weighted by Gasteiger charge is 2.32. The molecule has 2 N–H and O–H groups in total. The Hall–Kier alpha value is -1.52. The van der Waals surface area contributed by atoms with Gasteiger partial charge in [0.05, 0.1) is 10.7 Å². The van der Waals surface area contributed by atoms with Gasteiger partial charge in [-0.3, -0.25) is 4.79 Å². The molecule has 19 heavy (non-hydrogen) atoms. The quantitative estimate of drug-likeness (QED) is 0.862. The van der Waals surface area contributed by atoms with Crippen LogP contribution in [0.2, 0.25) is 5.02 Å². The van der Waals surface area contributed by atoms with E-state index in [1.54, 1.807) is 6.07 Å². The molecule has 1 atom stereocenters. The summed E-state index contributed by atoms with van der Waals surface area (Å²) in [6.07, 6.45) is 0. The Kier molecular flexibility index (Phi) is 3.21. The zero-order valence-electron chi connectivity index (χ0n) is 9.78. The highest BCUT2D eigenvalue weighted by atomic mass is 79.9. The van der Waals surface area contributed by atoms with Crippen LogP contribution in [0.25, 0.3) is 0 Å². The van der Waals surface area contributed by atoms with Crippen LogP contribution in [-0.4, -0.2) is 5.91 Å². The van der Waals surface area contributed by atoms with E-state index in [2.05, 4.69) is 26.6 Å². The largest absolute Gasteiger partial charge is 0.369 e. The van der Waals surface area contributed by atoms with Gasteiger partial charge in [0.2, 0.25) is 0 Å². The third-order valence-corrected chi connectivity index (χ3v) is 4.06. The molecule has 0 fully saturated rings. The van der Waals surface area contributed by atoms with Crippen molar-refractivity contribution in [3.63, 3.8) is 0 Å². The van der Waals surface area contributed by atoms with Gasteiger partial charge in [-0.05, 0) is 24.3 Å². The summed E-state index contributed by atoms with van der Waals surface area (Å²) in [5.41, 5.74) is 2.48. The monoisotopic (exact) mass is 336 g/mol. The second-order valence-electron chi connectivity index (χ2n) is 4.25. The fourth-order valence-corrected chi connectivity index (χ4v) is 2.93. The van der Waals surface area contributed by atoms with Gasteiger partial charge in [-0.2, -0.15) is 0 Å². The average molecular weight is 338 g/mol. The van der Waals surface area contributed by atoms with Crippen LogP contribution < -0.4 is 10.6 Å². The van der Waals surface area contributed by atoms with E-state index < -0.39 is 6.04 Å². The first-order valence-electron chi connectivity index (χ1n) is 5.77. The maximum atomic E-state index is 12.1. The summed E-state index contributed by atoms with van der Waals surface area (Å²) in [5, 5.41) is 6.63. The van der Waals surface area contributed by atoms with Crippen molar-refractivity contribution in [1.82, 2.24) is 0 Å². The van der Waals surface area contributed by atoms with Crippen LogP contribution in [0.1, 0.15) is 11.6 Å². The van der Waals surface area contributed by atoms with Crippen molar-refractivity contribution < 1.29 is 4.79 Å². The molecule has 1 heterocycles. The maximum absolute atomic E-state index is 12.1. The van der Waals surface area contributed by atoms with E-state index in [1.807, 2.05) is 36.4 Å². The number of carbonyl (C=O) groups excluding carboxylic acids is 1. The van der Waals surface area contributed by atoms with E-state index >= 15 is 0 Å². The number of benzene rings is 2. The zero-order valence-corrected chi connectivity index (χ0v) is 12.1. The number of nitrogens with one attached hydrogen (secondary N) is 2. The van der Waals surface area contributed by atoms with Gasteiger partial charge < -0.3 is 10.6 Å². The van der Waals surface area contributed by atoms with Gasteiger partial charge in [0.1, 0.15) is 6.04 Å². The Balaban J connectivity index is 1.99. The molecule has 0 saturated carbocycles. The summed E-state index contributed by atoms with van der Waals surface area (Å²) in [7, 11) is 0. The van der Waals surface area contributed by atoms with E-state index in [1.165, 1.54) is 0 Å². The molecule has 0 bridgehead atoms. The van der Waals surface area contributed by atoms with Crippen molar-refractivity contribution in [3.8, 4) is 0 Å². The summed E-state index contributed by atoms with van der Waals surface area (Å²) in [6, 6.07) is 12.6. The van der Waals surface area contributed by atoms with Gasteiger partial charge in [0.25, 0.3) is 5.91 Å². The van der Waals surface area contributed by atoms with E-state index in [-0.39, 0.29) is 5.91 Å². The number of fused-ring (bicyclic) bond motifs is 1. The number of rotatable bonds is 2. The molecule has 1 aliphatic heterocycles. The molecule has 96 valence electrons. The van der Waals surface area contributed by atoms with E-state index in [0.29, 0.717) is 5.02 Å². The molecule has 1 amide bonds. The maximum Gasteiger partial charge on any atom is 0.251 e. The van der Waals surface area contributed by atoms with E-state index in [4.69, 9.17) is 11.6 Å². The normalized spacial score (nSPS) is 16.9. The zero-order chi connectivity index (χ0) is 13.4. The molecular weight excluding hydrogens is 328 g/mol. The molecule has 2 aromatic carbocycles. The smallest absolute Gasteiger partial charge is 0.251 e.